The van der Waals surface area contributed by atoms with Gasteiger partial charge in [0.25, 0.3) is 0 Å². The Balaban J connectivity index is 0.000000368. The van der Waals surface area contributed by atoms with Crippen molar-refractivity contribution in [3.63, 3.8) is 0 Å². The average molecular weight is 796 g/mol. The SMILES string of the molecule is CCCc1c(C(C)(C)C)c(C2=CC=CC2)c2[cH-]c3cc(C(C)(C)C)cc(CCC)c3c2c1CCC.[Cl-].[Cl-].[Zr+2]=[C](c1ccccc1)c1ccccc1. The summed E-state index contributed by atoms with van der Waals surface area (Å²) in [6.45, 7) is 21.4. The molecular weight excluding hydrogens is 739 g/mol. The Morgan fingerprint density at radius 2 is 1.24 bits per heavy atom. The van der Waals surface area contributed by atoms with Gasteiger partial charge in [0.1, 0.15) is 0 Å². The molecule has 1 aliphatic carbocycles. The van der Waals surface area contributed by atoms with Crippen molar-refractivity contribution in [3.05, 3.63) is 142 Å². The summed E-state index contributed by atoms with van der Waals surface area (Å²) in [5.74, 6) is 0. The summed E-state index contributed by atoms with van der Waals surface area (Å²) >= 11 is 1.46. The maximum atomic E-state index is 2.57. The van der Waals surface area contributed by atoms with E-state index in [4.69, 9.17) is 0 Å². The molecule has 1 aliphatic rings. The Morgan fingerprint density at radius 3 is 1.71 bits per heavy atom. The summed E-state index contributed by atoms with van der Waals surface area (Å²) in [5.41, 5.74) is 13.9. The summed E-state index contributed by atoms with van der Waals surface area (Å²) in [6.07, 6.45) is 15.1. The van der Waals surface area contributed by atoms with E-state index in [9.17, 15) is 0 Å². The van der Waals surface area contributed by atoms with Gasteiger partial charge in [-0.2, -0.15) is 0 Å². The summed E-state index contributed by atoms with van der Waals surface area (Å²) in [4.78, 5) is 0. The van der Waals surface area contributed by atoms with Crippen LogP contribution < -0.4 is 24.8 Å². The molecule has 0 saturated heterocycles. The number of aryl methyl sites for hydroxylation is 2. The molecule has 0 atom stereocenters. The normalized spacial score (nSPS) is 12.6. The zero-order valence-electron chi connectivity index (χ0n) is 32.4. The molecule has 0 saturated carbocycles. The fraction of sp³-hybridized carbons (Fsp3) is 0.375. The van der Waals surface area contributed by atoms with E-state index in [0.717, 1.165) is 19.3 Å². The minimum atomic E-state index is 0. The molecule has 5 aromatic carbocycles. The number of benzene rings is 4. The van der Waals surface area contributed by atoms with Crippen LogP contribution in [0.15, 0.2) is 97.1 Å². The van der Waals surface area contributed by atoms with Crippen LogP contribution in [0.1, 0.15) is 133 Å². The molecule has 0 N–H and O–H groups in total. The van der Waals surface area contributed by atoms with E-state index >= 15 is 0 Å². The molecular formula is C48H57Cl2Zr-. The fourth-order valence-corrected chi connectivity index (χ4v) is 8.55. The molecule has 0 heterocycles. The van der Waals surface area contributed by atoms with Crippen LogP contribution in [-0.2, 0) is 54.3 Å². The predicted octanol–water partition coefficient (Wildman–Crippen LogP) is 7.32. The molecule has 0 amide bonds. The van der Waals surface area contributed by atoms with Crippen molar-refractivity contribution in [1.29, 1.82) is 0 Å². The summed E-state index contributed by atoms with van der Waals surface area (Å²) < 4.78 is 1.42. The van der Waals surface area contributed by atoms with Crippen molar-refractivity contribution in [1.82, 2.24) is 0 Å². The van der Waals surface area contributed by atoms with Crippen LogP contribution in [0.3, 0.4) is 0 Å². The number of halogens is 2. The molecule has 0 unspecified atom stereocenters. The van der Waals surface area contributed by atoms with Gasteiger partial charge < -0.3 is 24.8 Å². The van der Waals surface area contributed by atoms with Crippen LogP contribution >= 0.6 is 0 Å². The molecule has 0 aliphatic heterocycles. The van der Waals surface area contributed by atoms with Crippen LogP contribution in [0.5, 0.6) is 0 Å². The molecule has 0 spiro atoms. The van der Waals surface area contributed by atoms with Gasteiger partial charge in [0.05, 0.1) is 0 Å². The number of fused-ring (bicyclic) bond motifs is 3. The molecule has 6 rings (SSSR count). The van der Waals surface area contributed by atoms with Gasteiger partial charge in [-0.25, -0.2) is 0 Å². The van der Waals surface area contributed by atoms with E-state index in [1.807, 2.05) is 0 Å². The Morgan fingerprint density at radius 1 is 0.686 bits per heavy atom. The number of rotatable bonds is 9. The second kappa shape index (κ2) is 18.5. The molecule has 0 nitrogen and oxygen atoms in total. The van der Waals surface area contributed by atoms with Gasteiger partial charge in [-0.05, 0) is 36.5 Å². The molecule has 0 radical (unpaired) electrons. The van der Waals surface area contributed by atoms with Gasteiger partial charge in [-0.15, -0.1) is 33.7 Å². The topological polar surface area (TPSA) is 0 Å². The quantitative estimate of drug-likeness (QED) is 0.137. The van der Waals surface area contributed by atoms with Crippen molar-refractivity contribution in [2.75, 3.05) is 0 Å². The summed E-state index contributed by atoms with van der Waals surface area (Å²) in [5, 5.41) is 6.08. The molecule has 5 aromatic rings. The first-order valence-corrected chi connectivity index (χ1v) is 19.9. The van der Waals surface area contributed by atoms with E-state index in [-0.39, 0.29) is 35.6 Å². The zero-order valence-corrected chi connectivity index (χ0v) is 36.4. The molecule has 0 bridgehead atoms. The Hall–Kier alpha value is -2.44. The Labute approximate surface area is 336 Å². The Kier molecular flexibility index (Phi) is 15.6. The van der Waals surface area contributed by atoms with Crippen molar-refractivity contribution in [2.45, 2.75) is 118 Å². The van der Waals surface area contributed by atoms with Crippen molar-refractivity contribution in [3.8, 4) is 0 Å². The number of allylic oxidation sites excluding steroid dienone is 4. The monoisotopic (exact) mass is 793 g/mol. The van der Waals surface area contributed by atoms with Gasteiger partial charge in [0, 0.05) is 0 Å². The van der Waals surface area contributed by atoms with E-state index in [0.29, 0.717) is 0 Å². The van der Waals surface area contributed by atoms with Crippen molar-refractivity contribution in [2.24, 2.45) is 0 Å². The van der Waals surface area contributed by atoms with E-state index in [1.54, 1.807) is 33.0 Å². The van der Waals surface area contributed by atoms with E-state index < -0.39 is 0 Å². The molecule has 268 valence electrons. The number of hydrogen-bond donors (Lipinski definition) is 0. The third-order valence-corrected chi connectivity index (χ3v) is 11.3. The summed E-state index contributed by atoms with van der Waals surface area (Å²) in [7, 11) is 0. The molecule has 51 heavy (non-hydrogen) atoms. The third-order valence-electron chi connectivity index (χ3n) is 9.91. The zero-order chi connectivity index (χ0) is 35.3. The first-order chi connectivity index (χ1) is 23.4. The average Bonchev–Trinajstić information content (AvgIpc) is 3.75. The van der Waals surface area contributed by atoms with Gasteiger partial charge in [-0.1, -0.05) is 145 Å². The predicted molar refractivity (Wildman–Crippen MR) is 214 cm³/mol. The van der Waals surface area contributed by atoms with Crippen molar-refractivity contribution < 1.29 is 49.0 Å². The second-order valence-electron chi connectivity index (χ2n) is 15.9. The van der Waals surface area contributed by atoms with Gasteiger partial charge in [0.2, 0.25) is 0 Å². The van der Waals surface area contributed by atoms with Crippen LogP contribution in [0.2, 0.25) is 0 Å². The van der Waals surface area contributed by atoms with Crippen molar-refractivity contribution >= 4 is 30.3 Å². The second-order valence-corrected chi connectivity index (χ2v) is 17.1. The number of hydrogen-bond acceptors (Lipinski definition) is 0. The first kappa shape index (κ1) is 43.0. The van der Waals surface area contributed by atoms with Crippen LogP contribution in [0.25, 0.3) is 27.1 Å². The standard InChI is InChI=1S/C35H47.C13H10.2ClH.Zr/c1-10-15-24-20-26(34(4,5)6)21-25-22-29-31(23-18-13-14-19-23)33(35(7,8)9)28(17-12-3)27(16-11-2)32(29)30(24)25;1-3-7-12(8-4-1)11-13-9-5-2-6-10-13;;;/h13-14,18,20-22H,10-12,15-17,19H2,1-9H3;1-10H;2*1H;/q-1;;;;+2/p-2. The van der Waals surface area contributed by atoms with Crippen LogP contribution in [-0.4, -0.2) is 3.21 Å². The van der Waals surface area contributed by atoms with E-state index in [1.165, 1.54) is 91.7 Å². The molecule has 3 heteroatoms. The van der Waals surface area contributed by atoms with Crippen LogP contribution in [0, 0.1) is 0 Å². The fourth-order valence-electron chi connectivity index (χ4n) is 7.73. The molecule has 0 fully saturated rings. The minimum absolute atomic E-state index is 0. The molecule has 0 aromatic heterocycles. The maximum absolute atomic E-state index is 2.57. The van der Waals surface area contributed by atoms with Gasteiger partial charge in [0.15, 0.2) is 0 Å². The van der Waals surface area contributed by atoms with Gasteiger partial charge in [-0.3, -0.25) is 0 Å². The third kappa shape index (κ3) is 9.57. The van der Waals surface area contributed by atoms with Gasteiger partial charge >= 0.3 is 99.2 Å². The first-order valence-electron chi connectivity index (χ1n) is 18.7. The van der Waals surface area contributed by atoms with E-state index in [2.05, 4.69) is 159 Å². The van der Waals surface area contributed by atoms with Crippen LogP contribution in [0.4, 0.5) is 0 Å². The summed E-state index contributed by atoms with van der Waals surface area (Å²) in [6, 6.07) is 28.7. The Bertz CT molecular complexity index is 1940.